The van der Waals surface area contributed by atoms with Gasteiger partial charge in [0.25, 0.3) is 0 Å². The lowest BCUT2D eigenvalue weighted by Crippen LogP contribution is -2.62. The molecule has 0 saturated carbocycles. The van der Waals surface area contributed by atoms with Crippen LogP contribution >= 0.6 is 0 Å². The van der Waals surface area contributed by atoms with Gasteiger partial charge in [-0.1, -0.05) is 66.7 Å². The Morgan fingerprint density at radius 2 is 0.663 bits per heavy atom. The van der Waals surface area contributed by atoms with Gasteiger partial charge < -0.3 is 96.9 Å². The number of para-hydroxylation sites is 2. The fourth-order valence-corrected chi connectivity index (χ4v) is 10.7. The number of amides is 8. The average Bonchev–Trinajstić information content (AvgIpc) is 2.11. The number of nitrogens with one attached hydrogen (secondary N) is 12. The van der Waals surface area contributed by atoms with Gasteiger partial charge in [-0.2, -0.15) is 0 Å². The van der Waals surface area contributed by atoms with E-state index in [9.17, 15) is 19.2 Å². The van der Waals surface area contributed by atoms with Crippen LogP contribution in [-0.2, 0) is 70.5 Å². The van der Waals surface area contributed by atoms with Crippen LogP contribution in [0.15, 0.2) is 131 Å². The highest BCUT2D eigenvalue weighted by molar-refractivity contribution is 6.00. The molecule has 3 aromatic carbocycles. The predicted octanol–water partition coefficient (Wildman–Crippen LogP) is -2.34. The Bertz CT molecular complexity index is 3720. The quantitative estimate of drug-likeness (QED) is 0.0192. The van der Waals surface area contributed by atoms with Crippen LogP contribution in [-0.4, -0.2) is 163 Å². The Kier molecular flexibility index (Phi) is 23.8. The minimum Gasteiger partial charge on any atom is -0.370 e. The van der Waals surface area contributed by atoms with E-state index in [0.717, 1.165) is 21.8 Å². The Hall–Kier alpha value is -11.3. The lowest BCUT2D eigenvalue weighted by Gasteiger charge is -2.29. The highest BCUT2D eigenvalue weighted by Gasteiger charge is 2.37. The van der Waals surface area contributed by atoms with Gasteiger partial charge in [0.1, 0.15) is 48.3 Å². The first-order valence-corrected chi connectivity index (χ1v) is 30.0. The summed E-state index contributed by atoms with van der Waals surface area (Å²) in [6, 6.07) is 11.7. The van der Waals surface area contributed by atoms with E-state index in [4.69, 9.17) is 34.4 Å². The van der Waals surface area contributed by atoms with Crippen molar-refractivity contribution in [2.45, 2.75) is 119 Å². The molecule has 0 unspecified atom stereocenters. The monoisotopic (exact) mass is 1260 g/mol. The van der Waals surface area contributed by atoms with Crippen molar-refractivity contribution in [3.05, 3.63) is 144 Å². The molecule has 31 nitrogen and oxygen atoms in total. The number of aliphatic imine (C=N–C) groups is 3. The molecular formula is C61H79N23O8. The summed E-state index contributed by atoms with van der Waals surface area (Å²) in [4.78, 5) is 153. The van der Waals surface area contributed by atoms with Crippen molar-refractivity contribution >= 4 is 86.9 Å². The number of aromatic amines is 4. The van der Waals surface area contributed by atoms with Crippen LogP contribution in [0.4, 0.5) is 0 Å². The average molecular weight is 1260 g/mol. The number of imidazole rings is 2. The topological polar surface area (TPSA) is 515 Å². The number of guanidine groups is 3. The number of H-pyrrole nitrogens is 4. The molecule has 5 heterocycles. The second kappa shape index (κ2) is 32.8. The van der Waals surface area contributed by atoms with Crippen LogP contribution in [0.3, 0.4) is 0 Å². The van der Waals surface area contributed by atoms with Gasteiger partial charge in [0.15, 0.2) is 17.9 Å². The third kappa shape index (κ3) is 19.6. The summed E-state index contributed by atoms with van der Waals surface area (Å²) in [7, 11) is 0. The third-order valence-electron chi connectivity index (χ3n) is 15.3. The van der Waals surface area contributed by atoms with Gasteiger partial charge in [-0.05, 0) is 67.3 Å². The fraction of sp³-hybridized carbons (Fsp3) is 0.361. The zero-order valence-corrected chi connectivity index (χ0v) is 50.5. The van der Waals surface area contributed by atoms with Crippen LogP contribution in [0, 0.1) is 0 Å². The number of nitrogens with zero attached hydrogens (tertiary/aromatic N) is 5. The molecular weight excluding hydrogens is 1180 g/mol. The van der Waals surface area contributed by atoms with Crippen LogP contribution in [0.5, 0.6) is 0 Å². The first-order valence-electron chi connectivity index (χ1n) is 30.0. The lowest BCUT2D eigenvalue weighted by molar-refractivity contribution is -0.136. The maximum absolute atomic E-state index is 15.4. The molecule has 0 bridgehead atoms. The highest BCUT2D eigenvalue weighted by atomic mass is 16.2. The number of fused-ring (bicyclic) bond motifs is 2. The second-order valence-corrected chi connectivity index (χ2v) is 22.2. The maximum atomic E-state index is 15.4. The molecule has 1 aliphatic rings. The summed E-state index contributed by atoms with van der Waals surface area (Å²) >= 11 is 0. The molecule has 0 radical (unpaired) electrons. The number of carbonyl (C=O) groups is 8. The molecule has 1 aliphatic heterocycles. The first-order chi connectivity index (χ1) is 44.4. The highest BCUT2D eigenvalue weighted by Crippen LogP contribution is 2.22. The molecule has 8 atom stereocenters. The Labute approximate surface area is 528 Å². The number of benzene rings is 3. The largest absolute Gasteiger partial charge is 0.370 e. The molecule has 0 spiro atoms. The van der Waals surface area contributed by atoms with Crippen molar-refractivity contribution in [3.63, 3.8) is 0 Å². The number of nitrogens with two attached hydrogens (primary N) is 6. The van der Waals surface area contributed by atoms with Crippen molar-refractivity contribution in [2.75, 3.05) is 19.6 Å². The molecule has 4 aromatic heterocycles. The van der Waals surface area contributed by atoms with Crippen molar-refractivity contribution in [2.24, 2.45) is 49.4 Å². The molecule has 486 valence electrons. The molecule has 1 saturated heterocycles. The van der Waals surface area contributed by atoms with Gasteiger partial charge >= 0.3 is 0 Å². The minimum atomic E-state index is -1.48. The molecule has 31 heteroatoms. The number of hydrogen-bond acceptors (Lipinski definition) is 13. The SMILES string of the molecule is NC(N)=NCCC[C@@H]1NC(=O)[C@H](Cc2c[nH]c3ccccc23)NC(=O)[C@H](Cc2c[nH]c3ccccc23)NC(=O)[C@H](CCCN=C(N)N)NC(=O)[C@H](Cc2ccccc2)NC(=O)[C@@H](Cc2cnc[nH]2)NC(=O)[C@H](Cc2cnc[nH]2)NC(=O)[C@H](CCCN=C(N)N)NC1=O. The number of hydrogen-bond donors (Lipinski definition) is 18. The summed E-state index contributed by atoms with van der Waals surface area (Å²) in [5.41, 5.74) is 38.1. The van der Waals surface area contributed by atoms with Gasteiger partial charge in [-0.3, -0.25) is 53.3 Å². The second-order valence-electron chi connectivity index (χ2n) is 22.2. The molecule has 92 heavy (non-hydrogen) atoms. The Balaban J connectivity index is 1.25. The Morgan fingerprint density at radius 3 is 1.00 bits per heavy atom. The van der Waals surface area contributed by atoms with Crippen LogP contribution < -0.4 is 76.9 Å². The summed E-state index contributed by atoms with van der Waals surface area (Å²) in [5.74, 6) is -7.46. The van der Waals surface area contributed by atoms with E-state index in [1.54, 1.807) is 42.7 Å². The van der Waals surface area contributed by atoms with Gasteiger partial charge in [0, 0.05) is 110 Å². The van der Waals surface area contributed by atoms with Gasteiger partial charge in [-0.15, -0.1) is 0 Å². The van der Waals surface area contributed by atoms with Crippen molar-refractivity contribution in [3.8, 4) is 0 Å². The smallest absolute Gasteiger partial charge is 0.243 e. The summed E-state index contributed by atoms with van der Waals surface area (Å²) in [5, 5.41) is 24.0. The van der Waals surface area contributed by atoms with E-state index in [1.807, 2.05) is 48.5 Å². The zero-order valence-electron chi connectivity index (χ0n) is 50.5. The number of aromatic nitrogens is 6. The molecule has 24 N–H and O–H groups in total. The van der Waals surface area contributed by atoms with Crippen molar-refractivity contribution in [1.29, 1.82) is 0 Å². The summed E-state index contributed by atoms with van der Waals surface area (Å²) in [6.45, 7) is 0.0615. The van der Waals surface area contributed by atoms with E-state index in [1.165, 1.54) is 25.0 Å². The first kappa shape index (κ1) is 66.7. The molecule has 0 aliphatic carbocycles. The minimum absolute atomic E-state index is 0.0162. The molecule has 7 aromatic rings. The summed E-state index contributed by atoms with van der Waals surface area (Å²) < 4.78 is 0. The third-order valence-corrected chi connectivity index (χ3v) is 15.3. The predicted molar refractivity (Wildman–Crippen MR) is 344 cm³/mol. The van der Waals surface area contributed by atoms with Crippen LogP contribution in [0.2, 0.25) is 0 Å². The molecule has 1 fully saturated rings. The number of carbonyl (C=O) groups excluding carboxylic acids is 8. The van der Waals surface area contributed by atoms with E-state index >= 15 is 19.2 Å². The number of rotatable bonds is 22. The van der Waals surface area contributed by atoms with E-state index in [-0.39, 0.29) is 108 Å². The van der Waals surface area contributed by atoms with Crippen molar-refractivity contribution < 1.29 is 38.4 Å². The van der Waals surface area contributed by atoms with Gasteiger partial charge in [-0.25, -0.2) is 9.97 Å². The normalized spacial score (nSPS) is 20.8. The molecule has 8 rings (SSSR count). The maximum Gasteiger partial charge on any atom is 0.243 e. The zero-order chi connectivity index (χ0) is 65.5. The summed E-state index contributed by atoms with van der Waals surface area (Å²) in [6.07, 6.45) is 8.18. The standard InChI is InChI=1S/C61H79N23O8/c62-59(63)70-20-8-17-43-51(85)77-44(18-9-21-71-60(64)65)53(87)83-49(26-37-30-68-32-75-37)58(92)84-50(27-38-31-69-33-76-38)57(91)80-46(23-34-11-2-1-3-12-34)54(88)78-45(19-10-22-72-61(66)67)52(86)81-48(25-36-29-74-42-16-7-5-14-40(36)42)56(90)82-47(55(89)79-43)24-35-28-73-41-15-6-4-13-39(35)41/h1-7,11-16,28-33,43-50,73-74H,8-10,17-27H2,(H,68,75)(H,69,76)(H,77,85)(H,78,88)(H,79,89)(H,80,91)(H,81,86)(H,82,90)(H,83,87)(H,84,92)(H4,62,63,70)(H4,64,65,71)(H4,66,67,72)/t43-,44-,45-,46-,47-,48-,49-,50+/m0/s1. The molecule has 8 amide bonds. The van der Waals surface area contributed by atoms with Crippen LogP contribution in [0.1, 0.15) is 66.6 Å². The van der Waals surface area contributed by atoms with Gasteiger partial charge in [0.2, 0.25) is 47.3 Å². The fourth-order valence-electron chi connectivity index (χ4n) is 10.7. The van der Waals surface area contributed by atoms with E-state index in [2.05, 4.69) is 87.4 Å². The van der Waals surface area contributed by atoms with Crippen LogP contribution in [0.25, 0.3) is 21.8 Å². The lowest BCUT2D eigenvalue weighted by atomic mass is 10.00. The van der Waals surface area contributed by atoms with E-state index < -0.39 is 95.6 Å². The van der Waals surface area contributed by atoms with E-state index in [0.29, 0.717) is 28.1 Å². The van der Waals surface area contributed by atoms with Gasteiger partial charge in [0.05, 0.1) is 12.7 Å². The van der Waals surface area contributed by atoms with Crippen molar-refractivity contribution in [1.82, 2.24) is 72.4 Å². The Morgan fingerprint density at radius 1 is 0.359 bits per heavy atom.